The number of furan rings is 1. The van der Waals surface area contributed by atoms with E-state index in [9.17, 15) is 0 Å². The van der Waals surface area contributed by atoms with Crippen LogP contribution in [0, 0.1) is 0 Å². The molecule has 4 rings (SSSR count). The minimum atomic E-state index is 0.576. The quantitative estimate of drug-likeness (QED) is 0.521. The average Bonchev–Trinajstić information content (AvgIpc) is 3.02. The number of para-hydroxylation sites is 1. The van der Waals surface area contributed by atoms with E-state index in [4.69, 9.17) is 4.42 Å². The van der Waals surface area contributed by atoms with Gasteiger partial charge in [0.2, 0.25) is 0 Å². The van der Waals surface area contributed by atoms with E-state index in [1.807, 2.05) is 41.9 Å². The third-order valence-electron chi connectivity index (χ3n) is 3.10. The first kappa shape index (κ1) is 10.3. The Labute approximate surface area is 108 Å². The second-order valence-electron chi connectivity index (χ2n) is 4.41. The lowest BCUT2D eigenvalue weighted by Crippen LogP contribution is -1.92. The number of hydrogen-bond donors (Lipinski definition) is 0. The van der Waals surface area contributed by atoms with Gasteiger partial charge < -0.3 is 8.98 Å². The fourth-order valence-corrected chi connectivity index (χ4v) is 2.13. The average molecular weight is 250 g/mol. The molecule has 0 radical (unpaired) electrons. The van der Waals surface area contributed by atoms with Gasteiger partial charge in [0.1, 0.15) is 11.1 Å². The van der Waals surface area contributed by atoms with E-state index in [1.165, 1.54) is 0 Å². The summed E-state index contributed by atoms with van der Waals surface area (Å²) in [6.45, 7) is 0. The Balaban J connectivity index is 1.95. The summed E-state index contributed by atoms with van der Waals surface area (Å²) in [6.07, 6.45) is 3.44. The lowest BCUT2D eigenvalue weighted by Gasteiger charge is -1.96. The van der Waals surface area contributed by atoms with E-state index < -0.39 is 0 Å². The summed E-state index contributed by atoms with van der Waals surface area (Å²) in [4.78, 5) is 13.0. The molecule has 0 N–H and O–H groups in total. The van der Waals surface area contributed by atoms with Gasteiger partial charge in [-0.3, -0.25) is 0 Å². The van der Waals surface area contributed by atoms with Gasteiger partial charge in [-0.1, -0.05) is 18.2 Å². The first-order chi connectivity index (χ1) is 9.31. The minimum Gasteiger partial charge on any atom is -0.453 e. The van der Waals surface area contributed by atoms with Crippen molar-refractivity contribution in [3.63, 3.8) is 0 Å². The van der Waals surface area contributed by atoms with Gasteiger partial charge in [0.25, 0.3) is 0 Å². The summed E-state index contributed by atoms with van der Waals surface area (Å²) in [6, 6.07) is 9.81. The van der Waals surface area contributed by atoms with Crippen LogP contribution in [-0.4, -0.2) is 19.5 Å². The third-order valence-corrected chi connectivity index (χ3v) is 3.10. The zero-order valence-corrected chi connectivity index (χ0v) is 10.2. The van der Waals surface area contributed by atoms with Gasteiger partial charge in [-0.15, -0.1) is 0 Å². The molecule has 5 heteroatoms. The van der Waals surface area contributed by atoms with Gasteiger partial charge in [0, 0.05) is 12.4 Å². The largest absolute Gasteiger partial charge is 0.453 e. The zero-order chi connectivity index (χ0) is 12.8. The fourth-order valence-electron chi connectivity index (χ4n) is 2.13. The normalized spacial score (nSPS) is 11.4. The molecular formula is C14H10N4O. The topological polar surface area (TPSA) is 56.7 Å². The van der Waals surface area contributed by atoms with Crippen LogP contribution < -0.4 is 0 Å². The van der Waals surface area contributed by atoms with Crippen molar-refractivity contribution in [1.82, 2.24) is 19.5 Å². The van der Waals surface area contributed by atoms with Crippen molar-refractivity contribution in [3.05, 3.63) is 42.9 Å². The zero-order valence-electron chi connectivity index (χ0n) is 10.2. The molecule has 0 unspecified atom stereocenters. The van der Waals surface area contributed by atoms with Crippen molar-refractivity contribution in [1.29, 1.82) is 0 Å². The first-order valence-corrected chi connectivity index (χ1v) is 5.94. The molecule has 0 aliphatic heterocycles. The fraction of sp³-hybridized carbons (Fsp3) is 0.0714. The Morgan fingerprint density at radius 2 is 2.05 bits per heavy atom. The van der Waals surface area contributed by atoms with Crippen molar-refractivity contribution >= 4 is 22.1 Å². The molecule has 0 bridgehead atoms. The molecule has 5 nitrogen and oxygen atoms in total. The summed E-state index contributed by atoms with van der Waals surface area (Å²) in [5.41, 5.74) is 2.42. The molecule has 4 aromatic rings. The Morgan fingerprint density at radius 1 is 1.16 bits per heavy atom. The maximum Gasteiger partial charge on any atom is 0.197 e. The summed E-state index contributed by atoms with van der Waals surface area (Å²) < 4.78 is 7.63. The molecular weight excluding hydrogens is 240 g/mol. The van der Waals surface area contributed by atoms with Gasteiger partial charge in [-0.25, -0.2) is 15.0 Å². The van der Waals surface area contributed by atoms with Gasteiger partial charge in [-0.2, -0.15) is 0 Å². The summed E-state index contributed by atoms with van der Waals surface area (Å²) >= 11 is 0. The lowest BCUT2D eigenvalue weighted by atomic mass is 10.2. The van der Waals surface area contributed by atoms with Crippen LogP contribution in [0.15, 0.2) is 47.3 Å². The van der Waals surface area contributed by atoms with Crippen LogP contribution in [0.1, 0.15) is 0 Å². The molecule has 92 valence electrons. The Bertz CT molecular complexity index is 858. The van der Waals surface area contributed by atoms with E-state index in [0.29, 0.717) is 11.6 Å². The van der Waals surface area contributed by atoms with Crippen molar-refractivity contribution in [2.45, 2.75) is 0 Å². The number of nitrogens with zero attached hydrogens (tertiary/aromatic N) is 4. The molecule has 0 aliphatic carbocycles. The highest BCUT2D eigenvalue weighted by atomic mass is 16.3. The van der Waals surface area contributed by atoms with Gasteiger partial charge >= 0.3 is 0 Å². The Morgan fingerprint density at radius 3 is 2.95 bits per heavy atom. The van der Waals surface area contributed by atoms with Crippen LogP contribution >= 0.6 is 0 Å². The van der Waals surface area contributed by atoms with E-state index >= 15 is 0 Å². The van der Waals surface area contributed by atoms with Crippen LogP contribution in [-0.2, 0) is 7.05 Å². The lowest BCUT2D eigenvalue weighted by molar-refractivity contribution is 0.625. The number of hydrogen-bond acceptors (Lipinski definition) is 4. The predicted octanol–water partition coefficient (Wildman–Crippen LogP) is 2.78. The second kappa shape index (κ2) is 3.65. The molecule has 3 heterocycles. The van der Waals surface area contributed by atoms with Crippen molar-refractivity contribution in [2.75, 3.05) is 0 Å². The molecule has 3 aromatic heterocycles. The van der Waals surface area contributed by atoms with E-state index in [0.717, 1.165) is 22.1 Å². The molecule has 0 aliphatic rings. The van der Waals surface area contributed by atoms with Crippen LogP contribution in [0.4, 0.5) is 0 Å². The van der Waals surface area contributed by atoms with Crippen LogP contribution in [0.25, 0.3) is 33.7 Å². The highest BCUT2D eigenvalue weighted by Gasteiger charge is 2.11. The van der Waals surface area contributed by atoms with Crippen LogP contribution in [0.3, 0.4) is 0 Å². The van der Waals surface area contributed by atoms with Gasteiger partial charge in [0.15, 0.2) is 17.2 Å². The molecule has 0 fully saturated rings. The number of imidazole rings is 1. The smallest absolute Gasteiger partial charge is 0.197 e. The molecule has 1 aromatic carbocycles. The van der Waals surface area contributed by atoms with Crippen LogP contribution in [0.2, 0.25) is 0 Å². The molecule has 0 spiro atoms. The third kappa shape index (κ3) is 1.52. The molecule has 19 heavy (non-hydrogen) atoms. The van der Waals surface area contributed by atoms with Crippen molar-refractivity contribution in [2.24, 2.45) is 7.05 Å². The summed E-state index contributed by atoms with van der Waals surface area (Å²) in [5, 5.41) is 1.05. The SMILES string of the molecule is Cn1cnc2cnc(-c3cc4ccccc4o3)nc21. The highest BCUT2D eigenvalue weighted by molar-refractivity contribution is 5.82. The predicted molar refractivity (Wildman–Crippen MR) is 71.5 cm³/mol. The van der Waals surface area contributed by atoms with Crippen molar-refractivity contribution in [3.8, 4) is 11.6 Å². The Kier molecular flexibility index (Phi) is 1.97. The van der Waals surface area contributed by atoms with E-state index in [1.54, 1.807) is 12.5 Å². The first-order valence-electron chi connectivity index (χ1n) is 5.94. The summed E-state index contributed by atoms with van der Waals surface area (Å²) in [7, 11) is 1.91. The highest BCUT2D eigenvalue weighted by Crippen LogP contribution is 2.25. The Hall–Kier alpha value is -2.69. The standard InChI is InChI=1S/C14H10N4O/c1-18-8-16-10-7-15-13(17-14(10)18)12-6-9-4-2-3-5-11(9)19-12/h2-8H,1H3. The minimum absolute atomic E-state index is 0.576. The van der Waals surface area contributed by atoms with Crippen molar-refractivity contribution < 1.29 is 4.42 Å². The van der Waals surface area contributed by atoms with E-state index in [-0.39, 0.29) is 0 Å². The second-order valence-corrected chi connectivity index (χ2v) is 4.41. The summed E-state index contributed by atoms with van der Waals surface area (Å²) in [5.74, 6) is 1.25. The monoisotopic (exact) mass is 250 g/mol. The molecule has 0 saturated heterocycles. The van der Waals surface area contributed by atoms with Gasteiger partial charge in [0.05, 0.1) is 12.5 Å². The number of rotatable bonds is 1. The number of benzene rings is 1. The molecule has 0 saturated carbocycles. The number of aromatic nitrogens is 4. The number of aryl methyl sites for hydroxylation is 1. The number of fused-ring (bicyclic) bond motifs is 2. The molecule has 0 atom stereocenters. The maximum absolute atomic E-state index is 5.76. The van der Waals surface area contributed by atoms with Gasteiger partial charge in [-0.05, 0) is 12.1 Å². The van der Waals surface area contributed by atoms with E-state index in [2.05, 4.69) is 15.0 Å². The molecule has 0 amide bonds. The van der Waals surface area contributed by atoms with Crippen LogP contribution in [0.5, 0.6) is 0 Å². The maximum atomic E-state index is 5.76.